The second-order valence-corrected chi connectivity index (χ2v) is 6.59. The molecule has 0 radical (unpaired) electrons. The summed E-state index contributed by atoms with van der Waals surface area (Å²) in [5.74, 6) is 0. The summed E-state index contributed by atoms with van der Waals surface area (Å²) in [6, 6.07) is 20.0. The van der Waals surface area contributed by atoms with E-state index in [0.29, 0.717) is 6.61 Å². The Morgan fingerprint density at radius 1 is 1.04 bits per heavy atom. The molecule has 1 aliphatic heterocycles. The highest BCUT2D eigenvalue weighted by Crippen LogP contribution is 2.23. The molecule has 0 spiro atoms. The molecule has 2 aromatic carbocycles. The number of hydrogen-bond acceptors (Lipinski definition) is 3. The Morgan fingerprint density at radius 2 is 1.64 bits per heavy atom. The van der Waals surface area contributed by atoms with Gasteiger partial charge in [-0.2, -0.15) is 0 Å². The minimum Gasteiger partial charge on any atom is -0.445 e. The molecule has 25 heavy (non-hydrogen) atoms. The number of rotatable bonds is 6. The maximum Gasteiger partial charge on any atom is 0.410 e. The van der Waals surface area contributed by atoms with Crippen molar-refractivity contribution in [2.45, 2.75) is 25.5 Å². The molecule has 0 N–H and O–H groups in total. The van der Waals surface area contributed by atoms with Gasteiger partial charge in [0, 0.05) is 13.6 Å². The van der Waals surface area contributed by atoms with Gasteiger partial charge in [-0.05, 0) is 37.1 Å². The number of carbonyl (C=O) groups excluding carboxylic acids is 1. The lowest BCUT2D eigenvalue weighted by Crippen LogP contribution is -2.38. The van der Waals surface area contributed by atoms with Crippen molar-refractivity contribution >= 4 is 6.09 Å². The number of benzene rings is 2. The van der Waals surface area contributed by atoms with Gasteiger partial charge in [0.05, 0.1) is 6.04 Å². The molecular weight excluding hydrogens is 312 g/mol. The minimum absolute atomic E-state index is 0.00238. The molecule has 0 aliphatic carbocycles. The Kier molecular flexibility index (Phi) is 6.07. The van der Waals surface area contributed by atoms with Crippen molar-refractivity contribution in [3.05, 3.63) is 71.8 Å². The Morgan fingerprint density at radius 3 is 2.28 bits per heavy atom. The van der Waals surface area contributed by atoms with Crippen LogP contribution in [0.2, 0.25) is 0 Å². The molecule has 4 nitrogen and oxygen atoms in total. The van der Waals surface area contributed by atoms with Gasteiger partial charge in [0.2, 0.25) is 0 Å². The van der Waals surface area contributed by atoms with Crippen molar-refractivity contribution in [2.24, 2.45) is 0 Å². The van der Waals surface area contributed by atoms with Crippen LogP contribution in [0.1, 0.15) is 30.0 Å². The Labute approximate surface area is 150 Å². The normalized spacial score (nSPS) is 15.7. The summed E-state index contributed by atoms with van der Waals surface area (Å²) < 4.78 is 5.53. The summed E-state index contributed by atoms with van der Waals surface area (Å²) in [6.07, 6.45) is 2.20. The van der Waals surface area contributed by atoms with Crippen molar-refractivity contribution in [3.63, 3.8) is 0 Å². The molecule has 1 atom stereocenters. The highest BCUT2D eigenvalue weighted by atomic mass is 16.6. The Hall–Kier alpha value is -2.33. The molecular formula is C21H26N2O2. The van der Waals surface area contributed by atoms with Crippen LogP contribution < -0.4 is 0 Å². The van der Waals surface area contributed by atoms with E-state index in [1.165, 1.54) is 12.8 Å². The first-order chi connectivity index (χ1) is 12.2. The van der Waals surface area contributed by atoms with Crippen LogP contribution in [0, 0.1) is 0 Å². The van der Waals surface area contributed by atoms with E-state index in [0.717, 1.165) is 30.8 Å². The molecule has 1 unspecified atom stereocenters. The predicted octanol–water partition coefficient (Wildman–Crippen LogP) is 4.09. The van der Waals surface area contributed by atoms with E-state index in [2.05, 4.69) is 17.0 Å². The van der Waals surface area contributed by atoms with Gasteiger partial charge in [0.1, 0.15) is 6.61 Å². The van der Waals surface area contributed by atoms with Gasteiger partial charge in [0.25, 0.3) is 0 Å². The van der Waals surface area contributed by atoms with Crippen molar-refractivity contribution in [1.82, 2.24) is 9.80 Å². The first-order valence-electron chi connectivity index (χ1n) is 8.95. The van der Waals surface area contributed by atoms with Crippen LogP contribution >= 0.6 is 0 Å². The summed E-state index contributed by atoms with van der Waals surface area (Å²) in [5, 5.41) is 0. The van der Waals surface area contributed by atoms with E-state index in [1.807, 2.05) is 55.6 Å². The SMILES string of the molecule is CN(C(=O)OCc1ccccc1)C(CN1CCCC1)c1ccccc1. The van der Waals surface area contributed by atoms with E-state index in [4.69, 9.17) is 4.74 Å². The summed E-state index contributed by atoms with van der Waals surface area (Å²) in [6.45, 7) is 3.36. The zero-order chi connectivity index (χ0) is 17.5. The molecule has 1 heterocycles. The summed E-state index contributed by atoms with van der Waals surface area (Å²) in [5.41, 5.74) is 2.15. The van der Waals surface area contributed by atoms with Crippen LogP contribution in [0.3, 0.4) is 0 Å². The van der Waals surface area contributed by atoms with Gasteiger partial charge in [-0.1, -0.05) is 60.7 Å². The largest absolute Gasteiger partial charge is 0.445 e. The number of nitrogens with zero attached hydrogens (tertiary/aromatic N) is 2. The van der Waals surface area contributed by atoms with Crippen LogP contribution in [0.25, 0.3) is 0 Å². The predicted molar refractivity (Wildman–Crippen MR) is 99.2 cm³/mol. The monoisotopic (exact) mass is 338 g/mol. The smallest absolute Gasteiger partial charge is 0.410 e. The molecule has 132 valence electrons. The molecule has 1 aliphatic rings. The van der Waals surface area contributed by atoms with Gasteiger partial charge in [-0.15, -0.1) is 0 Å². The second-order valence-electron chi connectivity index (χ2n) is 6.59. The average Bonchev–Trinajstić information content (AvgIpc) is 3.18. The average molecular weight is 338 g/mol. The Balaban J connectivity index is 1.67. The molecule has 0 saturated carbocycles. The maximum absolute atomic E-state index is 12.6. The topological polar surface area (TPSA) is 32.8 Å². The minimum atomic E-state index is -0.281. The summed E-state index contributed by atoms with van der Waals surface area (Å²) in [7, 11) is 1.83. The molecule has 0 bridgehead atoms. The van der Waals surface area contributed by atoms with E-state index in [9.17, 15) is 4.79 Å². The van der Waals surface area contributed by atoms with Crippen molar-refractivity contribution < 1.29 is 9.53 Å². The third kappa shape index (κ3) is 4.83. The highest BCUT2D eigenvalue weighted by Gasteiger charge is 2.26. The van der Waals surface area contributed by atoms with Crippen LogP contribution in [0.15, 0.2) is 60.7 Å². The van der Waals surface area contributed by atoms with Crippen molar-refractivity contribution in [3.8, 4) is 0 Å². The van der Waals surface area contributed by atoms with E-state index >= 15 is 0 Å². The fraction of sp³-hybridized carbons (Fsp3) is 0.381. The lowest BCUT2D eigenvalue weighted by atomic mass is 10.1. The summed E-state index contributed by atoms with van der Waals surface area (Å²) >= 11 is 0. The first-order valence-corrected chi connectivity index (χ1v) is 8.95. The van der Waals surface area contributed by atoms with Crippen molar-refractivity contribution in [2.75, 3.05) is 26.7 Å². The number of ether oxygens (including phenoxy) is 1. The number of carbonyl (C=O) groups is 1. The number of likely N-dealkylation sites (N-methyl/N-ethyl adjacent to an activating group) is 1. The van der Waals surface area contributed by atoms with Crippen molar-refractivity contribution in [1.29, 1.82) is 0 Å². The van der Waals surface area contributed by atoms with Crippen LogP contribution in [-0.4, -0.2) is 42.6 Å². The fourth-order valence-corrected chi connectivity index (χ4v) is 3.28. The van der Waals surface area contributed by atoms with Gasteiger partial charge < -0.3 is 14.5 Å². The molecule has 2 aromatic rings. The zero-order valence-corrected chi connectivity index (χ0v) is 14.8. The van der Waals surface area contributed by atoms with Gasteiger partial charge in [-0.3, -0.25) is 0 Å². The first kappa shape index (κ1) is 17.5. The molecule has 3 rings (SSSR count). The number of likely N-dealkylation sites (tertiary alicyclic amines) is 1. The maximum atomic E-state index is 12.6. The van der Waals surface area contributed by atoms with Crippen LogP contribution in [0.4, 0.5) is 4.79 Å². The van der Waals surface area contributed by atoms with Crippen LogP contribution in [-0.2, 0) is 11.3 Å². The quantitative estimate of drug-likeness (QED) is 0.795. The van der Waals surface area contributed by atoms with Gasteiger partial charge in [-0.25, -0.2) is 4.79 Å². The molecule has 1 amide bonds. The van der Waals surface area contributed by atoms with Crippen LogP contribution in [0.5, 0.6) is 0 Å². The number of hydrogen-bond donors (Lipinski definition) is 0. The van der Waals surface area contributed by atoms with Gasteiger partial charge >= 0.3 is 6.09 Å². The zero-order valence-electron chi connectivity index (χ0n) is 14.8. The molecule has 1 fully saturated rings. The standard InChI is InChI=1S/C21H26N2O2/c1-22(21(24)25-17-18-10-4-2-5-11-18)20(16-23-14-8-9-15-23)19-12-6-3-7-13-19/h2-7,10-13,20H,8-9,14-17H2,1H3. The van der Waals surface area contributed by atoms with E-state index in [1.54, 1.807) is 4.90 Å². The number of amides is 1. The molecule has 4 heteroatoms. The summed E-state index contributed by atoms with van der Waals surface area (Å²) in [4.78, 5) is 16.8. The third-order valence-corrected chi connectivity index (χ3v) is 4.77. The second kappa shape index (κ2) is 8.67. The fourth-order valence-electron chi connectivity index (χ4n) is 3.28. The molecule has 1 saturated heterocycles. The highest BCUT2D eigenvalue weighted by molar-refractivity contribution is 5.68. The lowest BCUT2D eigenvalue weighted by molar-refractivity contribution is 0.0834. The van der Waals surface area contributed by atoms with E-state index < -0.39 is 0 Å². The Bertz CT molecular complexity index is 654. The third-order valence-electron chi connectivity index (χ3n) is 4.77. The lowest BCUT2D eigenvalue weighted by Gasteiger charge is -2.31. The van der Waals surface area contributed by atoms with E-state index in [-0.39, 0.29) is 12.1 Å². The molecule has 0 aromatic heterocycles. The van der Waals surface area contributed by atoms with Gasteiger partial charge in [0.15, 0.2) is 0 Å².